The minimum atomic E-state index is -2.19. The monoisotopic (exact) mass is 188 g/mol. The maximum atomic E-state index is 8.93. The van der Waals surface area contributed by atoms with Gasteiger partial charge in [0.1, 0.15) is 0 Å². The Morgan fingerprint density at radius 2 is 1.00 bits per heavy atom. The molecule has 7 heteroatoms. The van der Waals surface area contributed by atoms with Crippen molar-refractivity contribution in [3.05, 3.63) is 0 Å². The molecular weight excluding hydrogens is 185 g/mol. The number of carbonyl (C=O) groups excluding carboxylic acids is 2. The van der Waals surface area contributed by atoms with E-state index in [0.717, 1.165) is 0 Å². The van der Waals surface area contributed by atoms with Gasteiger partial charge < -0.3 is 30.8 Å². The molecule has 0 rings (SSSR count). The van der Waals surface area contributed by atoms with Crippen molar-refractivity contribution in [1.82, 2.24) is 0 Å². The summed E-state index contributed by atoms with van der Waals surface area (Å²) < 4.78 is 0. The number of hydrogen-bond acceptors (Lipinski definition) is 4. The molecule has 0 saturated heterocycles. The van der Waals surface area contributed by atoms with E-state index in [1.54, 1.807) is 0 Å². The third kappa shape index (κ3) is 18.5. The van der Waals surface area contributed by atoms with Gasteiger partial charge in [-0.1, -0.05) is 0 Å². The molecule has 0 aromatic heterocycles. The Bertz CT molecular complexity index is 77.1. The molecule has 9 heavy (non-hydrogen) atoms. The summed E-state index contributed by atoms with van der Waals surface area (Å²) in [6, 6.07) is 0. The predicted molar refractivity (Wildman–Crippen MR) is 17.2 cm³/mol. The minimum Gasteiger partial charge on any atom is -0.543 e. The van der Waals surface area contributed by atoms with Gasteiger partial charge in [-0.25, -0.2) is 0 Å². The molecular formula is C2H4O6Zn. The van der Waals surface area contributed by atoms with E-state index >= 15 is 0 Å². The summed E-state index contributed by atoms with van der Waals surface area (Å²) >= 11 is 0. The van der Waals surface area contributed by atoms with Crippen LogP contribution in [-0.2, 0) is 29.1 Å². The zero-order valence-electron chi connectivity index (χ0n) is 4.34. The van der Waals surface area contributed by atoms with Gasteiger partial charge in [-0.3, -0.25) is 0 Å². The molecule has 0 atom stereocenters. The number of carboxylic acids is 2. The zero-order chi connectivity index (χ0) is 5.15. The normalized spacial score (nSPS) is 4.89. The summed E-state index contributed by atoms with van der Waals surface area (Å²) in [5.41, 5.74) is 0. The average molecular weight is 189 g/mol. The molecule has 4 N–H and O–H groups in total. The van der Waals surface area contributed by atoms with Crippen LogP contribution in [-0.4, -0.2) is 22.9 Å². The van der Waals surface area contributed by atoms with Gasteiger partial charge in [0.2, 0.25) is 0 Å². The SMILES string of the molecule is O.O.O=C([O-])C(=O)[O-].[Zn+2]. The van der Waals surface area contributed by atoms with Gasteiger partial charge in [-0.15, -0.1) is 0 Å². The maximum Gasteiger partial charge on any atom is 2.00 e. The number of aliphatic carboxylic acids is 2. The Morgan fingerprint density at radius 3 is 1.00 bits per heavy atom. The second-order valence-corrected chi connectivity index (χ2v) is 0.575. The minimum absolute atomic E-state index is 0. The first-order chi connectivity index (χ1) is 2.64. The Kier molecular flexibility index (Phi) is 27.5. The molecule has 0 heterocycles. The summed E-state index contributed by atoms with van der Waals surface area (Å²) in [5.74, 6) is -4.37. The van der Waals surface area contributed by atoms with E-state index in [-0.39, 0.29) is 30.4 Å². The average Bonchev–Trinajstić information content (AvgIpc) is 1.36. The largest absolute Gasteiger partial charge is 2.00 e. The molecule has 0 aliphatic carbocycles. The van der Waals surface area contributed by atoms with Crippen molar-refractivity contribution < 1.29 is 50.2 Å². The van der Waals surface area contributed by atoms with E-state index in [4.69, 9.17) is 19.8 Å². The summed E-state index contributed by atoms with van der Waals surface area (Å²) in [6.07, 6.45) is 0. The number of carbonyl (C=O) groups is 2. The molecule has 0 aliphatic heterocycles. The first-order valence-electron chi connectivity index (χ1n) is 1.07. The van der Waals surface area contributed by atoms with Crippen LogP contribution in [0.4, 0.5) is 0 Å². The van der Waals surface area contributed by atoms with Crippen LogP contribution in [0.3, 0.4) is 0 Å². The van der Waals surface area contributed by atoms with Crippen LogP contribution >= 0.6 is 0 Å². The fourth-order valence-electron chi connectivity index (χ4n) is 0. The zero-order valence-corrected chi connectivity index (χ0v) is 7.31. The quantitative estimate of drug-likeness (QED) is 0.277. The van der Waals surface area contributed by atoms with Gasteiger partial charge in [-0.2, -0.15) is 0 Å². The fourth-order valence-corrected chi connectivity index (χ4v) is 0. The Labute approximate surface area is 62.9 Å². The first kappa shape index (κ1) is 23.6. The summed E-state index contributed by atoms with van der Waals surface area (Å²) in [4.78, 5) is 17.9. The molecule has 50 valence electrons. The van der Waals surface area contributed by atoms with Gasteiger partial charge in [0.15, 0.2) is 0 Å². The molecule has 0 spiro atoms. The van der Waals surface area contributed by atoms with Crippen LogP contribution in [0.15, 0.2) is 0 Å². The molecule has 0 aliphatic rings. The maximum absolute atomic E-state index is 8.93. The van der Waals surface area contributed by atoms with Crippen molar-refractivity contribution in [2.75, 3.05) is 0 Å². The van der Waals surface area contributed by atoms with E-state index in [1.807, 2.05) is 0 Å². The fraction of sp³-hybridized carbons (Fsp3) is 0. The van der Waals surface area contributed by atoms with Crippen LogP contribution in [0.2, 0.25) is 0 Å². The van der Waals surface area contributed by atoms with E-state index in [0.29, 0.717) is 0 Å². The van der Waals surface area contributed by atoms with Gasteiger partial charge in [0, 0.05) is 0 Å². The van der Waals surface area contributed by atoms with Crippen LogP contribution < -0.4 is 10.2 Å². The second-order valence-electron chi connectivity index (χ2n) is 0.575. The van der Waals surface area contributed by atoms with Crippen molar-refractivity contribution in [2.45, 2.75) is 0 Å². The molecule has 0 amide bonds. The van der Waals surface area contributed by atoms with E-state index in [1.165, 1.54) is 0 Å². The third-order valence-corrected chi connectivity index (χ3v) is 0.167. The Hall–Kier alpha value is -0.517. The topological polar surface area (TPSA) is 143 Å². The molecule has 0 saturated carbocycles. The van der Waals surface area contributed by atoms with Crippen molar-refractivity contribution in [3.8, 4) is 0 Å². The van der Waals surface area contributed by atoms with Gasteiger partial charge in [0.25, 0.3) is 0 Å². The van der Waals surface area contributed by atoms with Crippen molar-refractivity contribution >= 4 is 11.9 Å². The standard InChI is InChI=1S/C2H2O4.2H2O.Zn/c3-1(4)2(5)6;;;/h(H,3,4)(H,5,6);2*1H2;/q;;;+2/p-2. The molecule has 6 nitrogen and oxygen atoms in total. The summed E-state index contributed by atoms with van der Waals surface area (Å²) in [5, 5.41) is 17.9. The number of hydrogen-bond donors (Lipinski definition) is 0. The first-order valence-corrected chi connectivity index (χ1v) is 1.07. The van der Waals surface area contributed by atoms with E-state index in [9.17, 15) is 0 Å². The molecule has 0 unspecified atom stereocenters. The molecule has 0 radical (unpaired) electrons. The number of carboxylic acid groups (broad SMARTS) is 2. The third-order valence-electron chi connectivity index (χ3n) is 0.167. The molecule has 0 bridgehead atoms. The van der Waals surface area contributed by atoms with E-state index < -0.39 is 11.9 Å². The van der Waals surface area contributed by atoms with Crippen LogP contribution in [0.1, 0.15) is 0 Å². The van der Waals surface area contributed by atoms with Gasteiger partial charge in [0.05, 0.1) is 11.9 Å². The predicted octanol–water partition coefficient (Wildman–Crippen LogP) is -5.17. The number of rotatable bonds is 0. The van der Waals surface area contributed by atoms with Crippen molar-refractivity contribution in [3.63, 3.8) is 0 Å². The van der Waals surface area contributed by atoms with Crippen LogP contribution in [0.25, 0.3) is 0 Å². The summed E-state index contributed by atoms with van der Waals surface area (Å²) in [6.45, 7) is 0. The Morgan fingerprint density at radius 1 is 0.889 bits per heavy atom. The molecule has 0 aromatic carbocycles. The molecule has 0 aromatic rings. The van der Waals surface area contributed by atoms with Gasteiger partial charge >= 0.3 is 19.5 Å². The van der Waals surface area contributed by atoms with Crippen molar-refractivity contribution in [2.24, 2.45) is 0 Å². The molecule has 0 fully saturated rings. The van der Waals surface area contributed by atoms with Crippen LogP contribution in [0, 0.1) is 0 Å². The Balaban J connectivity index is -0.0000000417. The van der Waals surface area contributed by atoms with E-state index in [2.05, 4.69) is 0 Å². The van der Waals surface area contributed by atoms with Crippen molar-refractivity contribution in [1.29, 1.82) is 0 Å². The smallest absolute Gasteiger partial charge is 0.543 e. The second kappa shape index (κ2) is 10.5. The van der Waals surface area contributed by atoms with Gasteiger partial charge in [-0.05, 0) is 0 Å². The van der Waals surface area contributed by atoms with Crippen LogP contribution in [0.5, 0.6) is 0 Å². The summed E-state index contributed by atoms with van der Waals surface area (Å²) in [7, 11) is 0.